The first-order chi connectivity index (χ1) is 12.2. The summed E-state index contributed by atoms with van der Waals surface area (Å²) in [5, 5.41) is 1.98. The van der Waals surface area contributed by atoms with Gasteiger partial charge in [0.2, 0.25) is 5.91 Å². The van der Waals surface area contributed by atoms with Crippen LogP contribution in [0.3, 0.4) is 0 Å². The summed E-state index contributed by atoms with van der Waals surface area (Å²) in [4.78, 5) is 29.4. The lowest BCUT2D eigenvalue weighted by molar-refractivity contribution is -0.127. The molecule has 0 N–H and O–H groups in total. The minimum absolute atomic E-state index is 0.0121. The first-order valence-electron chi connectivity index (χ1n) is 8.11. The van der Waals surface area contributed by atoms with E-state index in [-0.39, 0.29) is 11.8 Å². The number of amides is 2. The Kier molecular flexibility index (Phi) is 5.50. The van der Waals surface area contributed by atoms with Crippen molar-refractivity contribution in [3.63, 3.8) is 0 Å². The van der Waals surface area contributed by atoms with Gasteiger partial charge in [0.25, 0.3) is 5.91 Å². The Morgan fingerprint density at radius 1 is 1.08 bits per heavy atom. The van der Waals surface area contributed by atoms with Crippen LogP contribution < -0.4 is 4.74 Å². The van der Waals surface area contributed by atoms with Crippen LogP contribution in [0.5, 0.6) is 5.75 Å². The highest BCUT2D eigenvalue weighted by Crippen LogP contribution is 2.16. The summed E-state index contributed by atoms with van der Waals surface area (Å²) in [6.45, 7) is 2.16. The van der Waals surface area contributed by atoms with E-state index in [0.29, 0.717) is 37.5 Å². The van der Waals surface area contributed by atoms with Gasteiger partial charge < -0.3 is 14.5 Å². The summed E-state index contributed by atoms with van der Waals surface area (Å²) in [6.07, 6.45) is 3.44. The summed E-state index contributed by atoms with van der Waals surface area (Å²) in [6, 6.07) is 11.1. The van der Waals surface area contributed by atoms with E-state index in [9.17, 15) is 9.59 Å². The Morgan fingerprint density at radius 3 is 2.52 bits per heavy atom. The predicted molar refractivity (Wildman–Crippen MR) is 98.8 cm³/mol. The largest absolute Gasteiger partial charge is 0.497 e. The van der Waals surface area contributed by atoms with Crippen molar-refractivity contribution < 1.29 is 14.3 Å². The maximum atomic E-state index is 12.6. The monoisotopic (exact) mass is 356 g/mol. The van der Waals surface area contributed by atoms with E-state index in [4.69, 9.17) is 4.74 Å². The highest BCUT2D eigenvalue weighted by Gasteiger charge is 2.24. The molecule has 1 aromatic heterocycles. The highest BCUT2D eigenvalue weighted by molar-refractivity contribution is 7.10. The topological polar surface area (TPSA) is 49.9 Å². The number of benzene rings is 1. The number of nitrogens with zero attached hydrogens (tertiary/aromatic N) is 2. The van der Waals surface area contributed by atoms with Gasteiger partial charge in [-0.05, 0) is 35.7 Å². The van der Waals surface area contributed by atoms with E-state index in [2.05, 4.69) is 0 Å². The first kappa shape index (κ1) is 17.2. The molecular weight excluding hydrogens is 336 g/mol. The van der Waals surface area contributed by atoms with Crippen LogP contribution >= 0.6 is 11.3 Å². The van der Waals surface area contributed by atoms with Crippen molar-refractivity contribution in [1.82, 2.24) is 9.80 Å². The van der Waals surface area contributed by atoms with Crippen LogP contribution in [0.1, 0.15) is 15.2 Å². The number of carbonyl (C=O) groups is 2. The maximum absolute atomic E-state index is 12.6. The molecular formula is C19H20N2O3S. The van der Waals surface area contributed by atoms with Gasteiger partial charge in [-0.3, -0.25) is 9.59 Å². The fourth-order valence-electron chi connectivity index (χ4n) is 2.71. The van der Waals surface area contributed by atoms with E-state index < -0.39 is 0 Å². The molecule has 2 amide bonds. The molecule has 0 bridgehead atoms. The molecule has 25 heavy (non-hydrogen) atoms. The van der Waals surface area contributed by atoms with E-state index >= 15 is 0 Å². The zero-order valence-corrected chi connectivity index (χ0v) is 14.9. The summed E-state index contributed by atoms with van der Waals surface area (Å²) in [7, 11) is 1.58. The summed E-state index contributed by atoms with van der Waals surface area (Å²) in [5.74, 6) is 0.625. The van der Waals surface area contributed by atoms with E-state index in [1.807, 2.05) is 29.7 Å². The predicted octanol–water partition coefficient (Wildman–Crippen LogP) is 2.75. The molecule has 1 aliphatic rings. The fourth-order valence-corrected chi connectivity index (χ4v) is 3.33. The number of carbonyl (C=O) groups excluding carboxylic acids is 2. The second-order valence-electron chi connectivity index (χ2n) is 5.70. The van der Waals surface area contributed by atoms with E-state index in [0.717, 1.165) is 4.88 Å². The van der Waals surface area contributed by atoms with Crippen LogP contribution in [0.15, 0.2) is 47.9 Å². The summed E-state index contributed by atoms with van der Waals surface area (Å²) < 4.78 is 5.17. The Balaban J connectivity index is 1.56. The number of ether oxygens (including phenoxy) is 1. The fraction of sp³-hybridized carbons (Fsp3) is 0.263. The van der Waals surface area contributed by atoms with Crippen LogP contribution in [0, 0.1) is 0 Å². The molecule has 6 heteroatoms. The summed E-state index contributed by atoms with van der Waals surface area (Å²) >= 11 is 1.60. The van der Waals surface area contributed by atoms with Gasteiger partial charge in [-0.1, -0.05) is 12.1 Å². The normalized spacial score (nSPS) is 14.8. The van der Waals surface area contributed by atoms with Gasteiger partial charge in [-0.2, -0.15) is 0 Å². The Hall–Kier alpha value is -2.60. The van der Waals surface area contributed by atoms with Gasteiger partial charge in [0.05, 0.1) is 7.11 Å². The van der Waals surface area contributed by atoms with Crippen LogP contribution in [0.4, 0.5) is 0 Å². The molecule has 0 saturated carbocycles. The standard InChI is InChI=1S/C19H20N2O3S/c1-24-16-5-2-4-15(14-16)19(23)21-11-9-20(10-12-21)18(22)8-7-17-6-3-13-25-17/h2-8,13-14H,9-12H2,1H3. The summed E-state index contributed by atoms with van der Waals surface area (Å²) in [5.41, 5.74) is 0.608. The molecule has 1 aliphatic heterocycles. The number of piperazine rings is 1. The lowest BCUT2D eigenvalue weighted by Gasteiger charge is -2.34. The molecule has 130 valence electrons. The average Bonchev–Trinajstić information content (AvgIpc) is 3.19. The van der Waals surface area contributed by atoms with Crippen molar-refractivity contribution in [2.24, 2.45) is 0 Å². The Bertz CT molecular complexity index is 763. The first-order valence-corrected chi connectivity index (χ1v) is 8.99. The molecule has 0 radical (unpaired) electrons. The SMILES string of the molecule is COc1cccc(C(=O)N2CCN(C(=O)C=Cc3cccs3)CC2)c1. The number of thiophene rings is 1. The second kappa shape index (κ2) is 7.98. The van der Waals surface area contributed by atoms with Crippen molar-refractivity contribution in [3.05, 3.63) is 58.3 Å². The van der Waals surface area contributed by atoms with Gasteiger partial charge >= 0.3 is 0 Å². The van der Waals surface area contributed by atoms with E-state index in [1.54, 1.807) is 52.5 Å². The molecule has 2 aromatic rings. The van der Waals surface area contributed by atoms with Crippen molar-refractivity contribution in [2.75, 3.05) is 33.3 Å². The zero-order valence-electron chi connectivity index (χ0n) is 14.1. The Labute approximate surface area is 151 Å². The number of hydrogen-bond acceptors (Lipinski definition) is 4. The molecule has 1 fully saturated rings. The third-order valence-corrected chi connectivity index (χ3v) is 4.97. The average molecular weight is 356 g/mol. The third-order valence-electron chi connectivity index (χ3n) is 4.13. The maximum Gasteiger partial charge on any atom is 0.254 e. The molecule has 2 heterocycles. The molecule has 0 unspecified atom stereocenters. The molecule has 3 rings (SSSR count). The Morgan fingerprint density at radius 2 is 1.84 bits per heavy atom. The molecule has 0 spiro atoms. The quantitative estimate of drug-likeness (QED) is 0.792. The molecule has 0 atom stereocenters. The van der Waals surface area contributed by atoms with Crippen LogP contribution in [0.25, 0.3) is 6.08 Å². The van der Waals surface area contributed by atoms with Crippen molar-refractivity contribution in [2.45, 2.75) is 0 Å². The van der Waals surface area contributed by atoms with Crippen LogP contribution in [0.2, 0.25) is 0 Å². The zero-order chi connectivity index (χ0) is 17.6. The lowest BCUT2D eigenvalue weighted by Crippen LogP contribution is -2.50. The second-order valence-corrected chi connectivity index (χ2v) is 6.68. The highest BCUT2D eigenvalue weighted by atomic mass is 32.1. The number of rotatable bonds is 4. The van der Waals surface area contributed by atoms with Crippen molar-refractivity contribution >= 4 is 29.2 Å². The minimum atomic E-state index is -0.0277. The smallest absolute Gasteiger partial charge is 0.254 e. The molecule has 0 aliphatic carbocycles. The van der Waals surface area contributed by atoms with Gasteiger partial charge in [0, 0.05) is 42.7 Å². The van der Waals surface area contributed by atoms with Gasteiger partial charge in [0.15, 0.2) is 0 Å². The third kappa shape index (κ3) is 4.28. The minimum Gasteiger partial charge on any atom is -0.497 e. The molecule has 1 saturated heterocycles. The van der Waals surface area contributed by atoms with Gasteiger partial charge in [-0.15, -0.1) is 11.3 Å². The van der Waals surface area contributed by atoms with Crippen molar-refractivity contribution in [1.29, 1.82) is 0 Å². The number of methoxy groups -OCH3 is 1. The van der Waals surface area contributed by atoms with Crippen LogP contribution in [-0.2, 0) is 4.79 Å². The molecule has 1 aromatic carbocycles. The van der Waals surface area contributed by atoms with E-state index in [1.165, 1.54) is 0 Å². The van der Waals surface area contributed by atoms with Gasteiger partial charge in [-0.25, -0.2) is 0 Å². The van der Waals surface area contributed by atoms with Crippen molar-refractivity contribution in [3.8, 4) is 5.75 Å². The van der Waals surface area contributed by atoms with Gasteiger partial charge in [0.1, 0.15) is 5.75 Å². The number of hydrogen-bond donors (Lipinski definition) is 0. The van der Waals surface area contributed by atoms with Crippen LogP contribution in [-0.4, -0.2) is 54.9 Å². The molecule has 5 nitrogen and oxygen atoms in total. The lowest BCUT2D eigenvalue weighted by atomic mass is 10.1.